The van der Waals surface area contributed by atoms with Gasteiger partial charge in [-0.1, -0.05) is 30.3 Å². The molecule has 16 heavy (non-hydrogen) atoms. The van der Waals surface area contributed by atoms with Gasteiger partial charge in [-0.3, -0.25) is 0 Å². The minimum Gasteiger partial charge on any atom is -0.0584 e. The van der Waals surface area contributed by atoms with Gasteiger partial charge in [0.1, 0.15) is 0 Å². The lowest BCUT2D eigenvalue weighted by atomic mass is 9.94. The van der Waals surface area contributed by atoms with Crippen LogP contribution < -0.4 is 0 Å². The Morgan fingerprint density at radius 3 is 1.94 bits per heavy atom. The summed E-state index contributed by atoms with van der Waals surface area (Å²) in [6, 6.07) is 13.9. The lowest BCUT2D eigenvalue weighted by Gasteiger charge is -2.11. The zero-order valence-electron chi connectivity index (χ0n) is 10.4. The van der Waals surface area contributed by atoms with Gasteiger partial charge in [-0.2, -0.15) is 0 Å². The molecule has 0 aliphatic heterocycles. The van der Waals surface area contributed by atoms with E-state index >= 15 is 0 Å². The highest BCUT2D eigenvalue weighted by molar-refractivity contribution is 5.71. The Morgan fingerprint density at radius 2 is 1.38 bits per heavy atom. The third-order valence-corrected chi connectivity index (χ3v) is 3.18. The number of aryl methyl sites for hydroxylation is 4. The maximum atomic E-state index is 3.17. The van der Waals surface area contributed by atoms with E-state index < -0.39 is 0 Å². The van der Waals surface area contributed by atoms with Gasteiger partial charge in [0.25, 0.3) is 0 Å². The van der Waals surface area contributed by atoms with E-state index in [1.165, 1.54) is 33.4 Å². The van der Waals surface area contributed by atoms with E-state index in [0.717, 1.165) is 0 Å². The zero-order chi connectivity index (χ0) is 11.7. The average Bonchev–Trinajstić information content (AvgIpc) is 2.23. The second-order valence-corrected chi connectivity index (χ2v) is 4.50. The highest BCUT2D eigenvalue weighted by Crippen LogP contribution is 2.28. The Balaban J connectivity index is 2.63. The van der Waals surface area contributed by atoms with Crippen LogP contribution in [0.5, 0.6) is 0 Å². The third-order valence-electron chi connectivity index (χ3n) is 3.18. The number of rotatable bonds is 1. The molecule has 0 aliphatic carbocycles. The van der Waals surface area contributed by atoms with Crippen molar-refractivity contribution in [1.82, 2.24) is 0 Å². The number of hydrogen-bond donors (Lipinski definition) is 0. The molecule has 0 bridgehead atoms. The Kier molecular flexibility index (Phi) is 2.82. The first kappa shape index (κ1) is 10.9. The van der Waals surface area contributed by atoms with Crippen molar-refractivity contribution in [3.8, 4) is 11.1 Å². The van der Waals surface area contributed by atoms with Gasteiger partial charge in [0.15, 0.2) is 0 Å². The molecule has 0 heteroatoms. The molecule has 2 rings (SSSR count). The molecule has 0 spiro atoms. The van der Waals surface area contributed by atoms with E-state index in [1.54, 1.807) is 0 Å². The fourth-order valence-electron chi connectivity index (χ4n) is 2.10. The summed E-state index contributed by atoms with van der Waals surface area (Å²) in [6.45, 7) is 8.61. The van der Waals surface area contributed by atoms with E-state index in [0.29, 0.717) is 0 Å². The molecule has 81 valence electrons. The van der Waals surface area contributed by atoms with Crippen molar-refractivity contribution in [3.05, 3.63) is 58.7 Å². The zero-order valence-corrected chi connectivity index (χ0v) is 10.4. The molecule has 0 unspecified atom stereocenters. The van der Waals surface area contributed by atoms with Crippen LogP contribution in [-0.4, -0.2) is 0 Å². The summed E-state index contributed by atoms with van der Waals surface area (Å²) in [4.78, 5) is 0. The Labute approximate surface area is 97.9 Å². The molecular weight excluding hydrogens is 192 g/mol. The van der Waals surface area contributed by atoms with E-state index in [2.05, 4.69) is 64.1 Å². The van der Waals surface area contributed by atoms with E-state index in [-0.39, 0.29) is 0 Å². The number of benzene rings is 2. The SMILES string of the molecule is Cc1ccc(-c2c(C)c[c]cc2C)cc1C. The van der Waals surface area contributed by atoms with Crippen molar-refractivity contribution >= 4 is 0 Å². The molecule has 0 nitrogen and oxygen atoms in total. The van der Waals surface area contributed by atoms with Crippen molar-refractivity contribution in [2.24, 2.45) is 0 Å². The predicted molar refractivity (Wildman–Crippen MR) is 69.7 cm³/mol. The average molecular weight is 209 g/mol. The minimum atomic E-state index is 1.29. The molecule has 1 radical (unpaired) electrons. The summed E-state index contributed by atoms with van der Waals surface area (Å²) in [7, 11) is 0. The summed E-state index contributed by atoms with van der Waals surface area (Å²) < 4.78 is 0. The van der Waals surface area contributed by atoms with Crippen LogP contribution >= 0.6 is 0 Å². The molecule has 0 N–H and O–H groups in total. The fourth-order valence-corrected chi connectivity index (χ4v) is 2.10. The second kappa shape index (κ2) is 4.13. The first-order chi connectivity index (χ1) is 7.59. The maximum Gasteiger partial charge on any atom is -0.0125 e. The largest absolute Gasteiger partial charge is 0.0584 e. The Bertz CT molecular complexity index is 501. The fraction of sp³-hybridized carbons (Fsp3) is 0.250. The van der Waals surface area contributed by atoms with Crippen LogP contribution in [0.25, 0.3) is 11.1 Å². The van der Waals surface area contributed by atoms with Crippen molar-refractivity contribution in [2.45, 2.75) is 27.7 Å². The topological polar surface area (TPSA) is 0 Å². The van der Waals surface area contributed by atoms with Gasteiger partial charge in [-0.25, -0.2) is 0 Å². The smallest absolute Gasteiger partial charge is 0.0125 e. The molecule has 0 heterocycles. The van der Waals surface area contributed by atoms with Crippen LogP contribution in [-0.2, 0) is 0 Å². The summed E-state index contributed by atoms with van der Waals surface area (Å²) >= 11 is 0. The van der Waals surface area contributed by atoms with Crippen LogP contribution in [0.3, 0.4) is 0 Å². The quantitative estimate of drug-likeness (QED) is 0.653. The second-order valence-electron chi connectivity index (χ2n) is 4.50. The van der Waals surface area contributed by atoms with Gasteiger partial charge in [-0.15, -0.1) is 0 Å². The van der Waals surface area contributed by atoms with Crippen LogP contribution in [0.2, 0.25) is 0 Å². The molecule has 2 aromatic carbocycles. The highest BCUT2D eigenvalue weighted by atomic mass is 14.1. The molecule has 0 aliphatic rings. The standard InChI is InChI=1S/C16H17/c1-11-8-9-15(10-14(11)4)16-12(2)6-5-7-13(16)3/h6-10H,1-4H3. The first-order valence-electron chi connectivity index (χ1n) is 5.64. The lowest BCUT2D eigenvalue weighted by Crippen LogP contribution is -1.89. The molecule has 0 saturated carbocycles. The molecule has 0 fully saturated rings. The monoisotopic (exact) mass is 209 g/mol. The molecule has 2 aromatic rings. The summed E-state index contributed by atoms with van der Waals surface area (Å²) in [5.74, 6) is 0. The summed E-state index contributed by atoms with van der Waals surface area (Å²) in [5, 5.41) is 0. The van der Waals surface area contributed by atoms with E-state index in [9.17, 15) is 0 Å². The molecular formula is C16H17. The first-order valence-corrected chi connectivity index (χ1v) is 5.64. The highest BCUT2D eigenvalue weighted by Gasteiger charge is 2.05. The van der Waals surface area contributed by atoms with Gasteiger partial charge in [0.2, 0.25) is 0 Å². The van der Waals surface area contributed by atoms with Gasteiger partial charge in [0.05, 0.1) is 0 Å². The lowest BCUT2D eigenvalue weighted by molar-refractivity contribution is 1.32. The van der Waals surface area contributed by atoms with Gasteiger partial charge >= 0.3 is 0 Å². The maximum absolute atomic E-state index is 3.17. The Hall–Kier alpha value is -1.56. The molecule has 0 saturated heterocycles. The summed E-state index contributed by atoms with van der Waals surface area (Å²) in [5.41, 5.74) is 7.95. The van der Waals surface area contributed by atoms with Gasteiger partial charge < -0.3 is 0 Å². The summed E-state index contributed by atoms with van der Waals surface area (Å²) in [6.07, 6.45) is 0. The van der Waals surface area contributed by atoms with Crippen LogP contribution in [0.15, 0.2) is 30.3 Å². The molecule has 0 amide bonds. The number of hydrogen-bond acceptors (Lipinski definition) is 0. The Morgan fingerprint density at radius 1 is 0.750 bits per heavy atom. The minimum absolute atomic E-state index is 1.29. The van der Waals surface area contributed by atoms with Crippen LogP contribution in [0.1, 0.15) is 22.3 Å². The predicted octanol–water partition coefficient (Wildman–Crippen LogP) is 4.39. The third kappa shape index (κ3) is 1.88. The van der Waals surface area contributed by atoms with Crippen molar-refractivity contribution in [2.75, 3.05) is 0 Å². The van der Waals surface area contributed by atoms with Crippen LogP contribution in [0.4, 0.5) is 0 Å². The van der Waals surface area contributed by atoms with Crippen molar-refractivity contribution in [3.63, 3.8) is 0 Å². The van der Waals surface area contributed by atoms with Crippen LogP contribution in [0, 0.1) is 33.8 Å². The van der Waals surface area contributed by atoms with Gasteiger partial charge in [0, 0.05) is 0 Å². The van der Waals surface area contributed by atoms with E-state index in [1.807, 2.05) is 0 Å². The van der Waals surface area contributed by atoms with Crippen molar-refractivity contribution in [1.29, 1.82) is 0 Å². The molecule has 0 aromatic heterocycles. The van der Waals surface area contributed by atoms with E-state index in [4.69, 9.17) is 0 Å². The normalized spacial score (nSPS) is 10.5. The van der Waals surface area contributed by atoms with Crippen molar-refractivity contribution < 1.29 is 0 Å². The molecule has 0 atom stereocenters. The van der Waals surface area contributed by atoms with Gasteiger partial charge in [-0.05, 0) is 67.1 Å².